The summed E-state index contributed by atoms with van der Waals surface area (Å²) in [5.41, 5.74) is -0.412. The number of hydrogen-bond donors (Lipinski definition) is 1. The number of nitrogens with one attached hydrogen (secondary N) is 1. The third-order valence-corrected chi connectivity index (χ3v) is 3.66. The molecule has 0 aromatic carbocycles. The predicted molar refractivity (Wildman–Crippen MR) is 68.0 cm³/mol. The molecular formula is C11H16BrN3O2. The van der Waals surface area contributed by atoms with E-state index < -0.39 is 5.60 Å². The second-order valence-electron chi connectivity index (χ2n) is 3.95. The van der Waals surface area contributed by atoms with Crippen molar-refractivity contribution in [1.82, 2.24) is 9.97 Å². The zero-order valence-corrected chi connectivity index (χ0v) is 11.6. The topological polar surface area (TPSA) is 56.3 Å². The lowest BCUT2D eigenvalue weighted by Gasteiger charge is -2.34. The van der Waals surface area contributed by atoms with Crippen LogP contribution >= 0.6 is 15.9 Å². The van der Waals surface area contributed by atoms with Crippen molar-refractivity contribution >= 4 is 21.7 Å². The number of hydrogen-bond acceptors (Lipinski definition) is 5. The molecule has 0 saturated carbocycles. The number of aromatic nitrogens is 2. The van der Waals surface area contributed by atoms with Gasteiger partial charge in [-0.15, -0.1) is 0 Å². The van der Waals surface area contributed by atoms with Crippen molar-refractivity contribution in [3.8, 4) is 0 Å². The van der Waals surface area contributed by atoms with Crippen LogP contribution in [0.2, 0.25) is 0 Å². The van der Waals surface area contributed by atoms with Crippen LogP contribution in [0.3, 0.4) is 0 Å². The zero-order chi connectivity index (χ0) is 12.3. The Morgan fingerprint density at radius 3 is 2.76 bits per heavy atom. The second kappa shape index (κ2) is 5.29. The smallest absolute Gasteiger partial charge is 0.162 e. The lowest BCUT2D eigenvalue weighted by atomic mass is 9.93. The van der Waals surface area contributed by atoms with Gasteiger partial charge in [-0.25, -0.2) is 9.97 Å². The molecule has 1 aliphatic rings. The Hall–Kier alpha value is -0.720. The van der Waals surface area contributed by atoms with Crippen molar-refractivity contribution in [3.63, 3.8) is 0 Å². The van der Waals surface area contributed by atoms with E-state index in [4.69, 9.17) is 9.47 Å². The molecule has 94 valence electrons. The van der Waals surface area contributed by atoms with E-state index in [0.29, 0.717) is 13.2 Å². The van der Waals surface area contributed by atoms with Gasteiger partial charge in [0.1, 0.15) is 11.4 Å². The minimum absolute atomic E-state index is 0.412. The van der Waals surface area contributed by atoms with Crippen molar-refractivity contribution < 1.29 is 9.47 Å². The molecule has 2 heterocycles. The normalized spacial score (nSPS) is 19.0. The number of anilines is 1. The molecule has 1 N–H and O–H groups in total. The molecule has 1 aliphatic heterocycles. The molecule has 0 aliphatic carbocycles. The maximum Gasteiger partial charge on any atom is 0.162 e. The van der Waals surface area contributed by atoms with Crippen LogP contribution in [0.1, 0.15) is 18.7 Å². The SMILES string of the molecule is CNc1nc(C2(OC)CCOCC2)ncc1Br. The first-order chi connectivity index (χ1) is 8.22. The summed E-state index contributed by atoms with van der Waals surface area (Å²) in [4.78, 5) is 8.88. The number of halogens is 1. The minimum atomic E-state index is -0.412. The number of nitrogens with zero attached hydrogens (tertiary/aromatic N) is 2. The van der Waals surface area contributed by atoms with Crippen LogP contribution in [-0.2, 0) is 15.1 Å². The molecule has 1 saturated heterocycles. The van der Waals surface area contributed by atoms with Gasteiger partial charge in [-0.2, -0.15) is 0 Å². The van der Waals surface area contributed by atoms with E-state index >= 15 is 0 Å². The molecule has 1 aromatic rings. The molecule has 0 atom stereocenters. The first-order valence-corrected chi connectivity index (χ1v) is 6.35. The molecule has 17 heavy (non-hydrogen) atoms. The van der Waals surface area contributed by atoms with E-state index in [1.54, 1.807) is 13.3 Å². The van der Waals surface area contributed by atoms with Crippen LogP contribution in [0.5, 0.6) is 0 Å². The minimum Gasteiger partial charge on any atom is -0.381 e. The third kappa shape index (κ3) is 2.43. The first-order valence-electron chi connectivity index (χ1n) is 5.55. The highest BCUT2D eigenvalue weighted by Gasteiger charge is 2.37. The Morgan fingerprint density at radius 1 is 1.47 bits per heavy atom. The van der Waals surface area contributed by atoms with Crippen molar-refractivity contribution in [2.45, 2.75) is 18.4 Å². The highest BCUT2D eigenvalue weighted by Crippen LogP contribution is 2.34. The Kier molecular flexibility index (Phi) is 3.96. The van der Waals surface area contributed by atoms with Crippen LogP contribution in [0, 0.1) is 0 Å². The molecule has 1 aromatic heterocycles. The summed E-state index contributed by atoms with van der Waals surface area (Å²) in [7, 11) is 3.54. The van der Waals surface area contributed by atoms with Crippen molar-refractivity contribution in [2.75, 3.05) is 32.7 Å². The summed E-state index contributed by atoms with van der Waals surface area (Å²) < 4.78 is 11.9. The maximum atomic E-state index is 5.66. The molecule has 6 heteroatoms. The Morgan fingerprint density at radius 2 is 2.18 bits per heavy atom. The fourth-order valence-electron chi connectivity index (χ4n) is 1.98. The third-order valence-electron chi connectivity index (χ3n) is 3.08. The lowest BCUT2D eigenvalue weighted by molar-refractivity contribution is -0.0999. The van der Waals surface area contributed by atoms with E-state index in [2.05, 4.69) is 31.2 Å². The van der Waals surface area contributed by atoms with Crippen molar-refractivity contribution in [2.24, 2.45) is 0 Å². The summed E-state index contributed by atoms with van der Waals surface area (Å²) in [5.74, 6) is 1.49. The molecule has 0 amide bonds. The summed E-state index contributed by atoms with van der Waals surface area (Å²) in [6.45, 7) is 1.37. The van der Waals surface area contributed by atoms with Gasteiger partial charge in [0.2, 0.25) is 0 Å². The van der Waals surface area contributed by atoms with Crippen molar-refractivity contribution in [1.29, 1.82) is 0 Å². The van der Waals surface area contributed by atoms with Crippen molar-refractivity contribution in [3.05, 3.63) is 16.5 Å². The number of rotatable bonds is 3. The van der Waals surface area contributed by atoms with E-state index in [1.165, 1.54) is 0 Å². The lowest BCUT2D eigenvalue weighted by Crippen LogP contribution is -2.37. The van der Waals surface area contributed by atoms with Gasteiger partial charge in [0.15, 0.2) is 5.82 Å². The van der Waals surface area contributed by atoms with Gasteiger partial charge in [-0.05, 0) is 15.9 Å². The molecule has 0 spiro atoms. The fourth-order valence-corrected chi connectivity index (χ4v) is 2.37. The Bertz CT molecular complexity index is 394. The van der Waals surface area contributed by atoms with Gasteiger partial charge in [0, 0.05) is 46.4 Å². The molecule has 1 fully saturated rings. The molecule has 2 rings (SSSR count). The van der Waals surface area contributed by atoms with E-state index in [9.17, 15) is 0 Å². The molecule has 0 radical (unpaired) electrons. The van der Waals surface area contributed by atoms with Gasteiger partial charge in [-0.3, -0.25) is 0 Å². The van der Waals surface area contributed by atoms with Gasteiger partial charge < -0.3 is 14.8 Å². The average Bonchev–Trinajstić information content (AvgIpc) is 2.40. The van der Waals surface area contributed by atoms with Gasteiger partial charge >= 0.3 is 0 Å². The monoisotopic (exact) mass is 301 g/mol. The maximum absolute atomic E-state index is 5.66. The number of ether oxygens (including phenoxy) is 2. The molecule has 0 unspecified atom stereocenters. The van der Waals surface area contributed by atoms with Gasteiger partial charge in [-0.1, -0.05) is 0 Å². The summed E-state index contributed by atoms with van der Waals surface area (Å²) in [6, 6.07) is 0. The van der Waals surface area contributed by atoms with E-state index in [0.717, 1.165) is 29.0 Å². The summed E-state index contributed by atoms with van der Waals surface area (Å²) in [5, 5.41) is 3.03. The highest BCUT2D eigenvalue weighted by atomic mass is 79.9. The van der Waals surface area contributed by atoms with Crippen LogP contribution in [0.25, 0.3) is 0 Å². The average molecular weight is 302 g/mol. The van der Waals surface area contributed by atoms with E-state index in [1.807, 2.05) is 7.05 Å². The largest absolute Gasteiger partial charge is 0.381 e. The molecule has 5 nitrogen and oxygen atoms in total. The second-order valence-corrected chi connectivity index (χ2v) is 4.81. The van der Waals surface area contributed by atoms with Crippen LogP contribution in [0.15, 0.2) is 10.7 Å². The van der Waals surface area contributed by atoms with Gasteiger partial charge in [0.25, 0.3) is 0 Å². The quantitative estimate of drug-likeness (QED) is 0.924. The summed E-state index contributed by atoms with van der Waals surface area (Å²) in [6.07, 6.45) is 3.33. The van der Waals surface area contributed by atoms with Crippen LogP contribution < -0.4 is 5.32 Å². The van der Waals surface area contributed by atoms with Gasteiger partial charge in [0.05, 0.1) is 4.47 Å². The van der Waals surface area contributed by atoms with Crippen LogP contribution in [-0.4, -0.2) is 37.3 Å². The fraction of sp³-hybridized carbons (Fsp3) is 0.636. The van der Waals surface area contributed by atoms with E-state index in [-0.39, 0.29) is 0 Å². The highest BCUT2D eigenvalue weighted by molar-refractivity contribution is 9.10. The molecular weight excluding hydrogens is 286 g/mol. The Balaban J connectivity index is 2.36. The molecule has 0 bridgehead atoms. The summed E-state index contributed by atoms with van der Waals surface area (Å²) >= 11 is 3.40. The first kappa shape index (κ1) is 12.7. The zero-order valence-electron chi connectivity index (χ0n) is 9.99. The number of methoxy groups -OCH3 is 1. The predicted octanol–water partition coefficient (Wildman–Crippen LogP) is 1.93. The Labute approximate surface area is 109 Å². The van der Waals surface area contributed by atoms with Crippen LogP contribution in [0.4, 0.5) is 5.82 Å². The standard InChI is InChI=1S/C11H16BrN3O2/c1-13-9-8(12)7-14-10(15-9)11(16-2)3-5-17-6-4-11/h7H,3-6H2,1-2H3,(H,13,14,15).